The molecule has 0 amide bonds. The van der Waals surface area contributed by atoms with Gasteiger partial charge >= 0.3 is 0 Å². The van der Waals surface area contributed by atoms with Gasteiger partial charge in [0, 0.05) is 5.92 Å². The minimum Gasteiger partial charge on any atom is -0.448 e. The summed E-state index contributed by atoms with van der Waals surface area (Å²) in [6, 6.07) is 0. The Morgan fingerprint density at radius 1 is 1.55 bits per heavy atom. The lowest BCUT2D eigenvalue weighted by molar-refractivity contribution is -0.0459. The fourth-order valence-electron chi connectivity index (χ4n) is 0.937. The minimum absolute atomic E-state index is 0.201. The van der Waals surface area contributed by atoms with E-state index in [2.05, 4.69) is 4.98 Å². The van der Waals surface area contributed by atoms with Crippen LogP contribution in [0.2, 0.25) is 0 Å². The van der Waals surface area contributed by atoms with Crippen LogP contribution in [-0.4, -0.2) is 15.2 Å². The van der Waals surface area contributed by atoms with Crippen molar-refractivity contribution in [3.05, 3.63) is 17.8 Å². The van der Waals surface area contributed by atoms with Gasteiger partial charge in [-0.25, -0.2) is 4.98 Å². The standard InChI is InChI=1S/C7H9NO3/c9-7(10)5-3-11-6(8-5)4-1-2-4/h3-4,7,9-10H,1-2H2. The van der Waals surface area contributed by atoms with Gasteiger partial charge in [0.25, 0.3) is 0 Å². The van der Waals surface area contributed by atoms with E-state index in [4.69, 9.17) is 14.6 Å². The highest BCUT2D eigenvalue weighted by Crippen LogP contribution is 2.39. The normalized spacial score (nSPS) is 17.7. The lowest BCUT2D eigenvalue weighted by Crippen LogP contribution is -1.94. The maximum absolute atomic E-state index is 8.67. The molecule has 0 bridgehead atoms. The van der Waals surface area contributed by atoms with Crippen molar-refractivity contribution >= 4 is 0 Å². The van der Waals surface area contributed by atoms with Crippen LogP contribution >= 0.6 is 0 Å². The number of oxazole rings is 1. The zero-order valence-corrected chi connectivity index (χ0v) is 5.90. The van der Waals surface area contributed by atoms with Crippen LogP contribution in [0.4, 0.5) is 0 Å². The lowest BCUT2D eigenvalue weighted by atomic mass is 10.4. The molecule has 4 heteroatoms. The average molecular weight is 155 g/mol. The van der Waals surface area contributed by atoms with Crippen molar-refractivity contribution in [3.63, 3.8) is 0 Å². The van der Waals surface area contributed by atoms with Gasteiger partial charge in [0.05, 0.1) is 0 Å². The third-order valence-electron chi connectivity index (χ3n) is 1.73. The van der Waals surface area contributed by atoms with E-state index in [1.165, 1.54) is 6.26 Å². The highest BCUT2D eigenvalue weighted by Gasteiger charge is 2.29. The van der Waals surface area contributed by atoms with E-state index in [9.17, 15) is 0 Å². The highest BCUT2D eigenvalue weighted by atomic mass is 16.5. The molecule has 0 aliphatic heterocycles. The number of rotatable bonds is 2. The van der Waals surface area contributed by atoms with Gasteiger partial charge in [-0.2, -0.15) is 0 Å². The quantitative estimate of drug-likeness (QED) is 0.611. The van der Waals surface area contributed by atoms with Gasteiger partial charge < -0.3 is 14.6 Å². The molecule has 4 nitrogen and oxygen atoms in total. The molecule has 0 atom stereocenters. The zero-order valence-electron chi connectivity index (χ0n) is 5.90. The predicted molar refractivity (Wildman–Crippen MR) is 35.7 cm³/mol. The molecule has 1 fully saturated rings. The molecule has 0 radical (unpaired) electrons. The largest absolute Gasteiger partial charge is 0.448 e. The van der Waals surface area contributed by atoms with Gasteiger partial charge in [-0.1, -0.05) is 0 Å². The van der Waals surface area contributed by atoms with Gasteiger partial charge in [-0.3, -0.25) is 0 Å². The fraction of sp³-hybridized carbons (Fsp3) is 0.571. The van der Waals surface area contributed by atoms with E-state index >= 15 is 0 Å². The number of aliphatic hydroxyl groups is 2. The highest BCUT2D eigenvalue weighted by molar-refractivity contribution is 5.06. The van der Waals surface area contributed by atoms with Crippen LogP contribution < -0.4 is 0 Å². The average Bonchev–Trinajstić information content (AvgIpc) is 2.68. The van der Waals surface area contributed by atoms with Crippen LogP contribution in [0.25, 0.3) is 0 Å². The van der Waals surface area contributed by atoms with Crippen LogP contribution in [0.15, 0.2) is 10.7 Å². The fourth-order valence-corrected chi connectivity index (χ4v) is 0.937. The third kappa shape index (κ3) is 1.27. The molecule has 0 saturated heterocycles. The summed E-state index contributed by atoms with van der Waals surface area (Å²) >= 11 is 0. The number of nitrogens with zero attached hydrogens (tertiary/aromatic N) is 1. The molecule has 1 aromatic rings. The molecule has 1 aliphatic carbocycles. The predicted octanol–water partition coefficient (Wildman–Crippen LogP) is 0.535. The molecule has 0 spiro atoms. The summed E-state index contributed by atoms with van der Waals surface area (Å²) in [4.78, 5) is 3.91. The van der Waals surface area contributed by atoms with Crippen LogP contribution in [0.1, 0.15) is 36.6 Å². The van der Waals surface area contributed by atoms with Gasteiger partial charge in [-0.05, 0) is 12.8 Å². The second-order valence-electron chi connectivity index (χ2n) is 2.76. The van der Waals surface area contributed by atoms with Crippen LogP contribution in [-0.2, 0) is 0 Å². The topological polar surface area (TPSA) is 66.5 Å². The van der Waals surface area contributed by atoms with E-state index < -0.39 is 6.29 Å². The second kappa shape index (κ2) is 2.32. The lowest BCUT2D eigenvalue weighted by Gasteiger charge is -1.92. The van der Waals surface area contributed by atoms with Crippen LogP contribution in [0.3, 0.4) is 0 Å². The van der Waals surface area contributed by atoms with E-state index in [1.807, 2.05) is 0 Å². The van der Waals surface area contributed by atoms with Crippen molar-refractivity contribution in [2.45, 2.75) is 25.0 Å². The third-order valence-corrected chi connectivity index (χ3v) is 1.73. The van der Waals surface area contributed by atoms with Crippen molar-refractivity contribution in [1.29, 1.82) is 0 Å². The molecule has 0 unspecified atom stereocenters. The van der Waals surface area contributed by atoms with E-state index in [0.29, 0.717) is 11.8 Å². The maximum atomic E-state index is 8.67. The van der Waals surface area contributed by atoms with Crippen LogP contribution in [0.5, 0.6) is 0 Å². The van der Waals surface area contributed by atoms with Crippen molar-refractivity contribution in [2.75, 3.05) is 0 Å². The first-order chi connectivity index (χ1) is 5.27. The maximum Gasteiger partial charge on any atom is 0.199 e. The molecule has 1 heterocycles. The van der Waals surface area contributed by atoms with Gasteiger partial charge in [0.15, 0.2) is 12.2 Å². The van der Waals surface area contributed by atoms with Crippen molar-refractivity contribution in [1.82, 2.24) is 4.98 Å². The summed E-state index contributed by atoms with van der Waals surface area (Å²) in [6.45, 7) is 0. The minimum atomic E-state index is -1.51. The first kappa shape index (κ1) is 6.82. The molecular formula is C7H9NO3. The van der Waals surface area contributed by atoms with Crippen LogP contribution in [0, 0.1) is 0 Å². The Hall–Kier alpha value is -0.870. The Kier molecular flexibility index (Phi) is 1.44. The molecular weight excluding hydrogens is 146 g/mol. The molecule has 1 saturated carbocycles. The summed E-state index contributed by atoms with van der Waals surface area (Å²) in [7, 11) is 0. The Morgan fingerprint density at radius 3 is 2.73 bits per heavy atom. The summed E-state index contributed by atoms with van der Waals surface area (Å²) in [5.74, 6) is 1.05. The summed E-state index contributed by atoms with van der Waals surface area (Å²) in [5.41, 5.74) is 0.201. The molecule has 2 N–H and O–H groups in total. The molecule has 1 aromatic heterocycles. The summed E-state index contributed by atoms with van der Waals surface area (Å²) in [6.07, 6.45) is 1.98. The zero-order chi connectivity index (χ0) is 7.84. The second-order valence-corrected chi connectivity index (χ2v) is 2.76. The van der Waals surface area contributed by atoms with Crippen molar-refractivity contribution < 1.29 is 14.6 Å². The first-order valence-electron chi connectivity index (χ1n) is 3.59. The number of aromatic nitrogens is 1. The Balaban J connectivity index is 2.18. The Labute approximate surface area is 63.5 Å². The van der Waals surface area contributed by atoms with E-state index in [0.717, 1.165) is 12.8 Å². The van der Waals surface area contributed by atoms with Crippen molar-refractivity contribution in [2.24, 2.45) is 0 Å². The molecule has 0 aromatic carbocycles. The number of hydrogen-bond acceptors (Lipinski definition) is 4. The molecule has 1 aliphatic rings. The summed E-state index contributed by atoms with van der Waals surface area (Å²) < 4.78 is 5.02. The van der Waals surface area contributed by atoms with Crippen molar-refractivity contribution in [3.8, 4) is 0 Å². The Morgan fingerprint density at radius 2 is 2.27 bits per heavy atom. The monoisotopic (exact) mass is 155 g/mol. The number of hydrogen-bond donors (Lipinski definition) is 2. The van der Waals surface area contributed by atoms with Gasteiger partial charge in [0.1, 0.15) is 12.0 Å². The SMILES string of the molecule is OC(O)c1coc(C2CC2)n1. The first-order valence-corrected chi connectivity index (χ1v) is 3.59. The van der Waals surface area contributed by atoms with Gasteiger partial charge in [0.2, 0.25) is 0 Å². The molecule has 2 rings (SSSR count). The molecule has 60 valence electrons. The van der Waals surface area contributed by atoms with E-state index in [1.54, 1.807) is 0 Å². The Bertz CT molecular complexity index is 235. The number of aliphatic hydroxyl groups excluding tert-OH is 1. The summed E-state index contributed by atoms with van der Waals surface area (Å²) in [5, 5.41) is 17.3. The molecule has 11 heavy (non-hydrogen) atoms. The van der Waals surface area contributed by atoms with E-state index in [-0.39, 0.29) is 5.69 Å². The van der Waals surface area contributed by atoms with Gasteiger partial charge in [-0.15, -0.1) is 0 Å². The smallest absolute Gasteiger partial charge is 0.199 e.